The molecule has 0 spiro atoms. The molecule has 1 aromatic rings. The van der Waals surface area contributed by atoms with E-state index in [-0.39, 0.29) is 0 Å². The van der Waals surface area contributed by atoms with Gasteiger partial charge in [-0.3, -0.25) is 4.98 Å². The van der Waals surface area contributed by atoms with E-state index in [4.69, 9.17) is 0 Å². The highest BCUT2D eigenvalue weighted by molar-refractivity contribution is 8.11. The Kier molecular flexibility index (Phi) is 3.27. The Morgan fingerprint density at radius 1 is 1.20 bits per heavy atom. The molecular weight excluding hydrogens is 202 g/mol. The number of hydrogen-bond donors (Lipinski definition) is 0. The van der Waals surface area contributed by atoms with E-state index in [9.17, 15) is 0 Å². The molecule has 1 nitrogen and oxygen atoms in total. The van der Waals surface area contributed by atoms with Crippen molar-refractivity contribution >= 4 is 16.7 Å². The quantitative estimate of drug-likeness (QED) is 0.700. The van der Waals surface area contributed by atoms with Gasteiger partial charge in [-0.1, -0.05) is 23.9 Å². The summed E-state index contributed by atoms with van der Waals surface area (Å²) >= 11 is 1.86. The second kappa shape index (κ2) is 4.67. The van der Waals surface area contributed by atoms with Crippen LogP contribution in [0.5, 0.6) is 0 Å². The van der Waals surface area contributed by atoms with Gasteiger partial charge in [0.05, 0.1) is 0 Å². The molecule has 1 aromatic heterocycles. The van der Waals surface area contributed by atoms with E-state index in [0.29, 0.717) is 0 Å². The van der Waals surface area contributed by atoms with E-state index < -0.39 is 0 Å². The first-order chi connectivity index (χ1) is 7.25. The minimum atomic E-state index is 1.08. The Labute approximate surface area is 95.3 Å². The summed E-state index contributed by atoms with van der Waals surface area (Å²) in [7, 11) is 0. The number of aryl methyl sites for hydroxylation is 1. The SMILES string of the molecule is CC1=CCCC=C(c2ccnc(C)c2)S1. The van der Waals surface area contributed by atoms with Gasteiger partial charge in [0.25, 0.3) is 0 Å². The zero-order valence-corrected chi connectivity index (χ0v) is 9.97. The molecule has 2 heterocycles. The fourth-order valence-corrected chi connectivity index (χ4v) is 2.63. The standard InChI is InChI=1S/C13H15NS/c1-10-9-12(7-8-14-10)13-6-4-3-5-11(2)15-13/h5-9H,3-4H2,1-2H3. The molecule has 0 aromatic carbocycles. The van der Waals surface area contributed by atoms with Crippen LogP contribution < -0.4 is 0 Å². The number of hydrogen-bond acceptors (Lipinski definition) is 2. The number of nitrogens with zero attached hydrogens (tertiary/aromatic N) is 1. The molecule has 2 heteroatoms. The Morgan fingerprint density at radius 2 is 2.00 bits per heavy atom. The van der Waals surface area contributed by atoms with E-state index in [0.717, 1.165) is 18.5 Å². The molecule has 0 N–H and O–H groups in total. The van der Waals surface area contributed by atoms with Gasteiger partial charge < -0.3 is 0 Å². The largest absolute Gasteiger partial charge is 0.262 e. The van der Waals surface area contributed by atoms with Crippen LogP contribution in [0.1, 0.15) is 31.0 Å². The summed E-state index contributed by atoms with van der Waals surface area (Å²) in [5.74, 6) is 0. The third-order valence-electron chi connectivity index (χ3n) is 2.38. The van der Waals surface area contributed by atoms with Crippen molar-refractivity contribution in [2.24, 2.45) is 0 Å². The van der Waals surface area contributed by atoms with Crippen LogP contribution in [0.15, 0.2) is 35.4 Å². The van der Waals surface area contributed by atoms with E-state index in [2.05, 4.69) is 36.2 Å². The third-order valence-corrected chi connectivity index (χ3v) is 3.49. The zero-order valence-electron chi connectivity index (χ0n) is 9.16. The molecular formula is C13H15NS. The summed E-state index contributed by atoms with van der Waals surface area (Å²) in [6, 6.07) is 4.24. The summed E-state index contributed by atoms with van der Waals surface area (Å²) < 4.78 is 0. The van der Waals surface area contributed by atoms with Crippen molar-refractivity contribution < 1.29 is 0 Å². The highest BCUT2D eigenvalue weighted by Crippen LogP contribution is 2.36. The first kappa shape index (κ1) is 10.5. The maximum Gasteiger partial charge on any atom is 0.0379 e. The van der Waals surface area contributed by atoms with Crippen molar-refractivity contribution in [3.05, 3.63) is 46.6 Å². The highest BCUT2D eigenvalue weighted by Gasteiger charge is 2.06. The van der Waals surface area contributed by atoms with Crippen molar-refractivity contribution in [2.45, 2.75) is 26.7 Å². The fourth-order valence-electron chi connectivity index (χ4n) is 1.63. The van der Waals surface area contributed by atoms with Crippen molar-refractivity contribution in [1.29, 1.82) is 0 Å². The molecule has 0 fully saturated rings. The molecule has 2 rings (SSSR count). The molecule has 1 aliphatic heterocycles. The molecule has 15 heavy (non-hydrogen) atoms. The molecule has 0 saturated heterocycles. The van der Waals surface area contributed by atoms with Crippen LogP contribution in [-0.4, -0.2) is 4.98 Å². The van der Waals surface area contributed by atoms with Crippen LogP contribution in [0.2, 0.25) is 0 Å². The minimum absolute atomic E-state index is 1.08. The molecule has 0 radical (unpaired) electrons. The Balaban J connectivity index is 2.30. The van der Waals surface area contributed by atoms with E-state index in [1.54, 1.807) is 0 Å². The van der Waals surface area contributed by atoms with Gasteiger partial charge in [-0.2, -0.15) is 0 Å². The monoisotopic (exact) mass is 217 g/mol. The Hall–Kier alpha value is -1.02. The first-order valence-electron chi connectivity index (χ1n) is 5.23. The lowest BCUT2D eigenvalue weighted by Gasteiger charge is -2.06. The summed E-state index contributed by atoms with van der Waals surface area (Å²) in [5, 5.41) is 0. The van der Waals surface area contributed by atoms with Gasteiger partial charge in [0.1, 0.15) is 0 Å². The molecule has 0 saturated carbocycles. The number of aromatic nitrogens is 1. The smallest absolute Gasteiger partial charge is 0.0379 e. The molecule has 0 atom stereocenters. The molecule has 0 bridgehead atoms. The van der Waals surface area contributed by atoms with Crippen molar-refractivity contribution in [2.75, 3.05) is 0 Å². The van der Waals surface area contributed by atoms with Crippen LogP contribution in [0.25, 0.3) is 4.91 Å². The van der Waals surface area contributed by atoms with Crippen molar-refractivity contribution in [3.8, 4) is 0 Å². The average molecular weight is 217 g/mol. The highest BCUT2D eigenvalue weighted by atomic mass is 32.2. The second-order valence-electron chi connectivity index (χ2n) is 3.75. The predicted octanol–water partition coefficient (Wildman–Crippen LogP) is 4.16. The van der Waals surface area contributed by atoms with Gasteiger partial charge >= 0.3 is 0 Å². The van der Waals surface area contributed by atoms with Gasteiger partial charge in [-0.25, -0.2) is 0 Å². The fraction of sp³-hybridized carbons (Fsp3) is 0.308. The number of pyridine rings is 1. The van der Waals surface area contributed by atoms with Crippen LogP contribution >= 0.6 is 11.8 Å². The summed E-state index contributed by atoms with van der Waals surface area (Å²) in [6.07, 6.45) is 8.82. The maximum absolute atomic E-state index is 4.23. The topological polar surface area (TPSA) is 12.9 Å². The van der Waals surface area contributed by atoms with Crippen LogP contribution in [0, 0.1) is 6.92 Å². The first-order valence-corrected chi connectivity index (χ1v) is 6.05. The van der Waals surface area contributed by atoms with E-state index >= 15 is 0 Å². The van der Waals surface area contributed by atoms with Gasteiger partial charge in [-0.05, 0) is 49.3 Å². The maximum atomic E-state index is 4.23. The lowest BCUT2D eigenvalue weighted by atomic mass is 10.2. The predicted molar refractivity (Wildman–Crippen MR) is 67.5 cm³/mol. The summed E-state index contributed by atoms with van der Waals surface area (Å²) in [4.78, 5) is 6.99. The normalized spacial score (nSPS) is 16.7. The summed E-state index contributed by atoms with van der Waals surface area (Å²) in [6.45, 7) is 4.21. The second-order valence-corrected chi connectivity index (χ2v) is 5.04. The van der Waals surface area contributed by atoms with Gasteiger partial charge in [0, 0.05) is 16.8 Å². The van der Waals surface area contributed by atoms with Gasteiger partial charge in [0.15, 0.2) is 0 Å². The lowest BCUT2D eigenvalue weighted by Crippen LogP contribution is -1.84. The van der Waals surface area contributed by atoms with Gasteiger partial charge in [0.2, 0.25) is 0 Å². The summed E-state index contributed by atoms with van der Waals surface area (Å²) in [5.41, 5.74) is 2.38. The molecule has 0 aliphatic carbocycles. The number of thioether (sulfide) groups is 1. The van der Waals surface area contributed by atoms with Crippen LogP contribution in [0.3, 0.4) is 0 Å². The molecule has 0 unspecified atom stereocenters. The Bertz CT molecular complexity index is 418. The minimum Gasteiger partial charge on any atom is -0.262 e. The Morgan fingerprint density at radius 3 is 2.80 bits per heavy atom. The average Bonchev–Trinajstić information content (AvgIpc) is 2.43. The number of rotatable bonds is 1. The van der Waals surface area contributed by atoms with E-state index in [1.165, 1.54) is 15.4 Å². The molecule has 1 aliphatic rings. The van der Waals surface area contributed by atoms with Gasteiger partial charge in [-0.15, -0.1) is 0 Å². The third kappa shape index (κ3) is 2.72. The lowest BCUT2D eigenvalue weighted by molar-refractivity contribution is 1.05. The van der Waals surface area contributed by atoms with Crippen molar-refractivity contribution in [3.63, 3.8) is 0 Å². The van der Waals surface area contributed by atoms with Crippen LogP contribution in [0.4, 0.5) is 0 Å². The zero-order chi connectivity index (χ0) is 10.7. The van der Waals surface area contributed by atoms with E-state index in [1.807, 2.05) is 24.9 Å². The van der Waals surface area contributed by atoms with Crippen LogP contribution in [-0.2, 0) is 0 Å². The number of allylic oxidation sites excluding steroid dienone is 3. The molecule has 0 amide bonds. The molecule has 78 valence electrons. The van der Waals surface area contributed by atoms with Crippen molar-refractivity contribution in [1.82, 2.24) is 4.98 Å².